The highest BCUT2D eigenvalue weighted by atomic mass is 35.5. The maximum absolute atomic E-state index is 11.9. The summed E-state index contributed by atoms with van der Waals surface area (Å²) in [5.41, 5.74) is 0. The van der Waals surface area contributed by atoms with Gasteiger partial charge in [-0.1, -0.05) is 11.6 Å². The first-order valence-corrected chi connectivity index (χ1v) is 6.63. The number of aromatic nitrogens is 2. The lowest BCUT2D eigenvalue weighted by Crippen LogP contribution is -2.47. The highest BCUT2D eigenvalue weighted by molar-refractivity contribution is 7.89. The smallest absolute Gasteiger partial charge is 0.324 e. The highest BCUT2D eigenvalue weighted by Gasteiger charge is 2.32. The molecule has 0 saturated carbocycles. The van der Waals surface area contributed by atoms with E-state index in [1.54, 1.807) is 0 Å². The van der Waals surface area contributed by atoms with Gasteiger partial charge in [-0.2, -0.15) is 9.82 Å². The van der Waals surface area contributed by atoms with Crippen LogP contribution in [0.2, 0.25) is 5.02 Å². The lowest BCUT2D eigenvalue weighted by molar-refractivity contribution is -0.141. The van der Waals surface area contributed by atoms with Gasteiger partial charge in [0.2, 0.25) is 0 Å². The van der Waals surface area contributed by atoms with Crippen LogP contribution in [0, 0.1) is 0 Å². The summed E-state index contributed by atoms with van der Waals surface area (Å²) in [5.74, 6) is -1.49. The minimum Gasteiger partial charge on any atom is -0.480 e. The number of hydrogen-bond donors (Lipinski definition) is 3. The molecule has 0 aliphatic rings. The Hall–Kier alpha value is -1.16. The number of rotatable bonds is 5. The van der Waals surface area contributed by atoms with Crippen molar-refractivity contribution in [2.24, 2.45) is 7.05 Å². The van der Waals surface area contributed by atoms with Crippen LogP contribution < -0.4 is 4.72 Å². The monoisotopic (exact) mass is 297 g/mol. The SMILES string of the molecule is CC(O)C(NS(=O)(=O)c1c(Cl)cnn1C)C(=O)O. The summed E-state index contributed by atoms with van der Waals surface area (Å²) in [5, 5.41) is 21.2. The first-order chi connectivity index (χ1) is 8.16. The van der Waals surface area contributed by atoms with Crippen molar-refractivity contribution in [3.8, 4) is 0 Å². The molecule has 1 rings (SSSR count). The molecule has 2 unspecified atom stereocenters. The number of carboxylic acid groups (broad SMARTS) is 1. The number of nitrogens with zero attached hydrogens (tertiary/aromatic N) is 2. The zero-order valence-corrected chi connectivity index (χ0v) is 11.1. The second kappa shape index (κ2) is 5.22. The van der Waals surface area contributed by atoms with Crippen molar-refractivity contribution in [3.63, 3.8) is 0 Å². The van der Waals surface area contributed by atoms with E-state index in [1.807, 2.05) is 4.72 Å². The molecule has 10 heteroatoms. The van der Waals surface area contributed by atoms with Gasteiger partial charge in [0.25, 0.3) is 10.0 Å². The molecule has 2 atom stereocenters. The van der Waals surface area contributed by atoms with Gasteiger partial charge in [-0.15, -0.1) is 0 Å². The van der Waals surface area contributed by atoms with E-state index < -0.39 is 28.1 Å². The number of hydrogen-bond acceptors (Lipinski definition) is 5. The lowest BCUT2D eigenvalue weighted by Gasteiger charge is -2.17. The van der Waals surface area contributed by atoms with Gasteiger partial charge in [0.05, 0.1) is 17.3 Å². The Morgan fingerprint density at radius 3 is 2.50 bits per heavy atom. The largest absolute Gasteiger partial charge is 0.480 e. The molecule has 0 fully saturated rings. The number of aliphatic hydroxyl groups excluding tert-OH is 1. The van der Waals surface area contributed by atoms with E-state index in [0.717, 1.165) is 17.8 Å². The molecule has 102 valence electrons. The fourth-order valence-electron chi connectivity index (χ4n) is 1.28. The van der Waals surface area contributed by atoms with Crippen LogP contribution in [0.1, 0.15) is 6.92 Å². The van der Waals surface area contributed by atoms with Gasteiger partial charge in [0.15, 0.2) is 5.03 Å². The highest BCUT2D eigenvalue weighted by Crippen LogP contribution is 2.20. The summed E-state index contributed by atoms with van der Waals surface area (Å²) in [6.07, 6.45) is -0.280. The first kappa shape index (κ1) is 14.9. The predicted molar refractivity (Wildman–Crippen MR) is 61.6 cm³/mol. The molecule has 0 saturated heterocycles. The number of sulfonamides is 1. The Morgan fingerprint density at radius 2 is 2.17 bits per heavy atom. The average molecular weight is 298 g/mol. The molecule has 0 aromatic carbocycles. The molecule has 8 nitrogen and oxygen atoms in total. The molecule has 1 aromatic heterocycles. The maximum Gasteiger partial charge on any atom is 0.324 e. The van der Waals surface area contributed by atoms with Crippen molar-refractivity contribution in [1.82, 2.24) is 14.5 Å². The van der Waals surface area contributed by atoms with Crippen molar-refractivity contribution < 1.29 is 23.4 Å². The minimum atomic E-state index is -4.19. The maximum atomic E-state index is 11.9. The Kier molecular flexibility index (Phi) is 4.32. The number of carboxylic acids is 1. The number of carbonyl (C=O) groups is 1. The van der Waals surface area contributed by atoms with Gasteiger partial charge in [0.1, 0.15) is 6.04 Å². The van der Waals surface area contributed by atoms with E-state index in [4.69, 9.17) is 16.7 Å². The van der Waals surface area contributed by atoms with Gasteiger partial charge in [-0.05, 0) is 6.92 Å². The van der Waals surface area contributed by atoms with Crippen molar-refractivity contribution in [1.29, 1.82) is 0 Å². The predicted octanol–water partition coefficient (Wildman–Crippen LogP) is -0.814. The van der Waals surface area contributed by atoms with Crippen LogP contribution in [-0.2, 0) is 21.9 Å². The van der Waals surface area contributed by atoms with Gasteiger partial charge in [0, 0.05) is 7.05 Å². The molecule has 0 amide bonds. The number of aryl methyl sites for hydroxylation is 1. The molecule has 18 heavy (non-hydrogen) atoms. The van der Waals surface area contributed by atoms with E-state index in [9.17, 15) is 18.3 Å². The summed E-state index contributed by atoms with van der Waals surface area (Å²) in [4.78, 5) is 10.8. The van der Waals surface area contributed by atoms with Gasteiger partial charge in [-0.3, -0.25) is 9.48 Å². The summed E-state index contributed by atoms with van der Waals surface area (Å²) in [7, 11) is -2.84. The standard InChI is InChI=1S/C8H12ClN3O5S/c1-4(13)6(8(14)15)11-18(16,17)7-5(9)3-10-12(7)2/h3-4,6,11,13H,1-2H3,(H,14,15). The Labute approximate surface area is 108 Å². The van der Waals surface area contributed by atoms with Crippen molar-refractivity contribution in [2.45, 2.75) is 24.1 Å². The molecular formula is C8H12ClN3O5S. The van der Waals surface area contributed by atoms with Crippen molar-refractivity contribution in [3.05, 3.63) is 11.2 Å². The number of halogens is 1. The van der Waals surface area contributed by atoms with Crippen LogP contribution in [0.25, 0.3) is 0 Å². The van der Waals surface area contributed by atoms with Crippen LogP contribution in [0.15, 0.2) is 11.2 Å². The Bertz CT molecular complexity index is 534. The molecule has 1 heterocycles. The van der Waals surface area contributed by atoms with Crippen LogP contribution in [0.4, 0.5) is 0 Å². The third kappa shape index (κ3) is 2.99. The fourth-order valence-corrected chi connectivity index (χ4v) is 3.20. The van der Waals surface area contributed by atoms with E-state index >= 15 is 0 Å². The summed E-state index contributed by atoms with van der Waals surface area (Å²) >= 11 is 5.66. The van der Waals surface area contributed by atoms with Crippen molar-refractivity contribution in [2.75, 3.05) is 0 Å². The Morgan fingerprint density at radius 1 is 1.61 bits per heavy atom. The first-order valence-electron chi connectivity index (χ1n) is 4.77. The van der Waals surface area contributed by atoms with Crippen LogP contribution in [0.5, 0.6) is 0 Å². The summed E-state index contributed by atoms with van der Waals surface area (Å²) < 4.78 is 26.7. The second-order valence-corrected chi connectivity index (χ2v) is 5.64. The van der Waals surface area contributed by atoms with Crippen LogP contribution in [-0.4, -0.2) is 46.5 Å². The van der Waals surface area contributed by atoms with Gasteiger partial charge < -0.3 is 10.2 Å². The van der Waals surface area contributed by atoms with Gasteiger partial charge in [-0.25, -0.2) is 8.42 Å². The van der Waals surface area contributed by atoms with E-state index in [1.165, 1.54) is 7.05 Å². The molecule has 0 aliphatic carbocycles. The number of aliphatic hydroxyl groups is 1. The molecule has 0 bridgehead atoms. The van der Waals surface area contributed by atoms with Crippen LogP contribution >= 0.6 is 11.6 Å². The lowest BCUT2D eigenvalue weighted by atomic mass is 10.2. The molecule has 1 aromatic rings. The summed E-state index contributed by atoms with van der Waals surface area (Å²) in [6, 6.07) is -1.67. The van der Waals surface area contributed by atoms with Crippen molar-refractivity contribution >= 4 is 27.6 Å². The zero-order chi connectivity index (χ0) is 14.1. The molecule has 0 spiro atoms. The molecule has 3 N–H and O–H groups in total. The number of aliphatic carboxylic acids is 1. The zero-order valence-electron chi connectivity index (χ0n) is 9.53. The van der Waals surface area contributed by atoms with Crippen LogP contribution in [0.3, 0.4) is 0 Å². The molecule has 0 aliphatic heterocycles. The minimum absolute atomic E-state index is 0.139. The second-order valence-electron chi connectivity index (χ2n) is 3.60. The third-order valence-electron chi connectivity index (χ3n) is 2.13. The third-order valence-corrected chi connectivity index (χ3v) is 4.07. The number of nitrogens with one attached hydrogen (secondary N) is 1. The quantitative estimate of drug-likeness (QED) is 0.653. The Balaban J connectivity index is 3.13. The normalized spacial score (nSPS) is 15.3. The fraction of sp³-hybridized carbons (Fsp3) is 0.500. The van der Waals surface area contributed by atoms with E-state index in [-0.39, 0.29) is 10.0 Å². The van der Waals surface area contributed by atoms with E-state index in [0.29, 0.717) is 0 Å². The average Bonchev–Trinajstić information content (AvgIpc) is 2.54. The topological polar surface area (TPSA) is 122 Å². The molecular weight excluding hydrogens is 286 g/mol. The van der Waals surface area contributed by atoms with E-state index in [2.05, 4.69) is 5.10 Å². The summed E-state index contributed by atoms with van der Waals surface area (Å²) in [6.45, 7) is 1.16. The molecule has 0 radical (unpaired) electrons. The van der Waals surface area contributed by atoms with Gasteiger partial charge >= 0.3 is 5.97 Å².